The summed E-state index contributed by atoms with van der Waals surface area (Å²) in [6.07, 6.45) is 1.15. The molecular formula is C16H24N3O2S+. The molecule has 1 aromatic carbocycles. The molecule has 1 heterocycles. The summed E-state index contributed by atoms with van der Waals surface area (Å²) in [6, 6.07) is 7.67. The number of carbonyl (C=O) groups is 2. The Labute approximate surface area is 136 Å². The second-order valence-electron chi connectivity index (χ2n) is 6.51. The lowest BCUT2D eigenvalue weighted by Crippen LogP contribution is -2.38. The zero-order chi connectivity index (χ0) is 16.2. The molecule has 2 rings (SSSR count). The summed E-state index contributed by atoms with van der Waals surface area (Å²) >= 11 is 1.46. The first-order chi connectivity index (χ1) is 10.3. The summed E-state index contributed by atoms with van der Waals surface area (Å²) in [4.78, 5) is 25.0. The summed E-state index contributed by atoms with van der Waals surface area (Å²) in [6.45, 7) is 1.66. The minimum Gasteiger partial charge on any atom is -0.356 e. The number of para-hydroxylation sites is 1. The molecule has 22 heavy (non-hydrogen) atoms. The standard InChI is InChI=1S/C16H23N3O2S/c1-19(2,3)10-6-9-17-15(20)11-14-16(21)18-12-7-4-5-8-13(12)22-14/h4-5,7-8,14H,6,9-11H2,1-3H3,(H-,17,18,20,21)/p+1/t14-/m1/s1. The number of hydrogen-bond donors (Lipinski definition) is 2. The number of rotatable bonds is 6. The van der Waals surface area contributed by atoms with E-state index in [0.29, 0.717) is 6.54 Å². The highest BCUT2D eigenvalue weighted by Crippen LogP contribution is 2.36. The van der Waals surface area contributed by atoms with E-state index in [2.05, 4.69) is 31.8 Å². The topological polar surface area (TPSA) is 58.2 Å². The van der Waals surface area contributed by atoms with Gasteiger partial charge in [-0.3, -0.25) is 9.59 Å². The van der Waals surface area contributed by atoms with Crippen molar-refractivity contribution < 1.29 is 14.1 Å². The lowest BCUT2D eigenvalue weighted by molar-refractivity contribution is -0.870. The van der Waals surface area contributed by atoms with Crippen LogP contribution in [0.4, 0.5) is 5.69 Å². The molecule has 1 aromatic rings. The van der Waals surface area contributed by atoms with Gasteiger partial charge in [0.05, 0.1) is 38.6 Å². The number of hydrogen-bond acceptors (Lipinski definition) is 3. The second-order valence-corrected chi connectivity index (χ2v) is 7.76. The van der Waals surface area contributed by atoms with E-state index in [1.807, 2.05) is 24.3 Å². The van der Waals surface area contributed by atoms with E-state index in [0.717, 1.165) is 28.0 Å². The molecule has 0 aliphatic carbocycles. The van der Waals surface area contributed by atoms with Gasteiger partial charge in [0.2, 0.25) is 11.8 Å². The molecule has 1 atom stereocenters. The largest absolute Gasteiger partial charge is 0.356 e. The van der Waals surface area contributed by atoms with Gasteiger partial charge < -0.3 is 15.1 Å². The molecule has 5 nitrogen and oxygen atoms in total. The smallest absolute Gasteiger partial charge is 0.238 e. The average Bonchev–Trinajstić information content (AvgIpc) is 2.43. The predicted molar refractivity (Wildman–Crippen MR) is 89.9 cm³/mol. The molecule has 120 valence electrons. The second kappa shape index (κ2) is 7.15. The van der Waals surface area contributed by atoms with Gasteiger partial charge in [-0.2, -0.15) is 0 Å². The molecule has 0 saturated carbocycles. The zero-order valence-electron chi connectivity index (χ0n) is 13.4. The van der Waals surface area contributed by atoms with Crippen LogP contribution in [0, 0.1) is 0 Å². The third-order valence-corrected chi connectivity index (χ3v) is 4.68. The Morgan fingerprint density at radius 1 is 1.32 bits per heavy atom. The SMILES string of the molecule is C[N+](C)(C)CCCNC(=O)C[C@H]1Sc2ccccc2NC1=O. The molecule has 0 saturated heterocycles. The average molecular weight is 322 g/mol. The number of nitrogens with one attached hydrogen (secondary N) is 2. The fourth-order valence-corrected chi connectivity index (χ4v) is 3.36. The van der Waals surface area contributed by atoms with Crippen LogP contribution in [-0.2, 0) is 9.59 Å². The van der Waals surface area contributed by atoms with E-state index in [9.17, 15) is 9.59 Å². The highest BCUT2D eigenvalue weighted by atomic mass is 32.2. The zero-order valence-corrected chi connectivity index (χ0v) is 14.2. The maximum Gasteiger partial charge on any atom is 0.238 e. The Hall–Kier alpha value is -1.53. The van der Waals surface area contributed by atoms with Crippen LogP contribution in [0.5, 0.6) is 0 Å². The fourth-order valence-electron chi connectivity index (χ4n) is 2.25. The van der Waals surface area contributed by atoms with Gasteiger partial charge in [0.15, 0.2) is 0 Å². The Bertz CT molecular complexity index is 555. The number of quaternary nitrogens is 1. The highest BCUT2D eigenvalue weighted by molar-refractivity contribution is 8.01. The van der Waals surface area contributed by atoms with Crippen molar-refractivity contribution in [2.75, 3.05) is 39.5 Å². The van der Waals surface area contributed by atoms with Crippen molar-refractivity contribution in [3.05, 3.63) is 24.3 Å². The lowest BCUT2D eigenvalue weighted by Gasteiger charge is -2.24. The molecule has 6 heteroatoms. The van der Waals surface area contributed by atoms with Gasteiger partial charge >= 0.3 is 0 Å². The van der Waals surface area contributed by atoms with Crippen molar-refractivity contribution in [2.24, 2.45) is 0 Å². The van der Waals surface area contributed by atoms with Crippen LogP contribution in [0.1, 0.15) is 12.8 Å². The van der Waals surface area contributed by atoms with E-state index in [1.54, 1.807) is 0 Å². The van der Waals surface area contributed by atoms with Gasteiger partial charge in [-0.05, 0) is 12.1 Å². The van der Waals surface area contributed by atoms with Crippen LogP contribution < -0.4 is 10.6 Å². The number of fused-ring (bicyclic) bond motifs is 1. The summed E-state index contributed by atoms with van der Waals surface area (Å²) in [7, 11) is 6.38. The lowest BCUT2D eigenvalue weighted by atomic mass is 10.2. The molecule has 0 unspecified atom stereocenters. The molecule has 0 fully saturated rings. The number of nitrogens with zero attached hydrogens (tertiary/aromatic N) is 1. The Balaban J connectivity index is 1.79. The number of benzene rings is 1. The number of thioether (sulfide) groups is 1. The molecule has 0 spiro atoms. The van der Waals surface area contributed by atoms with Gasteiger partial charge in [-0.25, -0.2) is 0 Å². The van der Waals surface area contributed by atoms with E-state index >= 15 is 0 Å². The highest BCUT2D eigenvalue weighted by Gasteiger charge is 2.28. The minimum absolute atomic E-state index is 0.0616. The summed E-state index contributed by atoms with van der Waals surface area (Å²) in [5.41, 5.74) is 0.831. The van der Waals surface area contributed by atoms with Crippen LogP contribution in [0.15, 0.2) is 29.2 Å². The van der Waals surface area contributed by atoms with E-state index in [4.69, 9.17) is 0 Å². The van der Waals surface area contributed by atoms with Crippen LogP contribution in [0.3, 0.4) is 0 Å². The molecule has 2 N–H and O–H groups in total. The first-order valence-corrected chi connectivity index (χ1v) is 8.37. The first-order valence-electron chi connectivity index (χ1n) is 7.49. The Kier molecular flexibility index (Phi) is 5.47. The first kappa shape index (κ1) is 16.8. The molecular weight excluding hydrogens is 298 g/mol. The summed E-state index contributed by atoms with van der Waals surface area (Å²) in [5.74, 6) is -0.154. The predicted octanol–water partition coefficient (Wildman–Crippen LogP) is 1.70. The maximum atomic E-state index is 12.0. The van der Waals surface area contributed by atoms with Gasteiger partial charge in [0.25, 0.3) is 0 Å². The minimum atomic E-state index is -0.353. The van der Waals surface area contributed by atoms with Crippen molar-refractivity contribution in [2.45, 2.75) is 23.0 Å². The van der Waals surface area contributed by atoms with Gasteiger partial charge in [-0.15, -0.1) is 11.8 Å². The van der Waals surface area contributed by atoms with Crippen LogP contribution in [0.2, 0.25) is 0 Å². The van der Waals surface area contributed by atoms with Crippen molar-refractivity contribution in [3.8, 4) is 0 Å². The molecule has 1 aliphatic rings. The molecule has 0 radical (unpaired) electrons. The summed E-state index contributed by atoms with van der Waals surface area (Å²) < 4.78 is 0.882. The Morgan fingerprint density at radius 3 is 2.77 bits per heavy atom. The molecule has 0 aromatic heterocycles. The van der Waals surface area contributed by atoms with E-state index in [1.165, 1.54) is 11.8 Å². The molecule has 2 amide bonds. The van der Waals surface area contributed by atoms with Gasteiger partial charge in [0, 0.05) is 24.3 Å². The van der Waals surface area contributed by atoms with Gasteiger partial charge in [0.1, 0.15) is 0 Å². The van der Waals surface area contributed by atoms with Crippen molar-refractivity contribution in [1.82, 2.24) is 5.32 Å². The number of amides is 2. The third-order valence-electron chi connectivity index (χ3n) is 3.41. The number of anilines is 1. The third kappa shape index (κ3) is 5.03. The van der Waals surface area contributed by atoms with Gasteiger partial charge in [-0.1, -0.05) is 12.1 Å². The van der Waals surface area contributed by atoms with Crippen LogP contribution in [-0.4, -0.2) is 55.8 Å². The molecule has 0 bridgehead atoms. The quantitative estimate of drug-likeness (QED) is 0.619. The van der Waals surface area contributed by atoms with E-state index < -0.39 is 0 Å². The van der Waals surface area contributed by atoms with E-state index in [-0.39, 0.29) is 23.5 Å². The van der Waals surface area contributed by atoms with Crippen molar-refractivity contribution in [1.29, 1.82) is 0 Å². The normalized spacial score (nSPS) is 17.6. The van der Waals surface area contributed by atoms with Crippen molar-refractivity contribution in [3.63, 3.8) is 0 Å². The molecule has 1 aliphatic heterocycles. The number of carbonyl (C=O) groups excluding carboxylic acids is 2. The Morgan fingerprint density at radius 2 is 2.05 bits per heavy atom. The monoisotopic (exact) mass is 322 g/mol. The van der Waals surface area contributed by atoms with Crippen molar-refractivity contribution >= 4 is 29.3 Å². The maximum absolute atomic E-state index is 12.0. The summed E-state index contributed by atoms with van der Waals surface area (Å²) in [5, 5.41) is 5.41. The van der Waals surface area contributed by atoms with Crippen LogP contribution >= 0.6 is 11.8 Å². The fraction of sp³-hybridized carbons (Fsp3) is 0.500. The van der Waals surface area contributed by atoms with Crippen LogP contribution in [0.25, 0.3) is 0 Å².